The Bertz CT molecular complexity index is 890. The van der Waals surface area contributed by atoms with Crippen LogP contribution in [-0.2, 0) is 25.5 Å². The summed E-state index contributed by atoms with van der Waals surface area (Å²) in [4.78, 5) is 34.7. The standard InChI is InChI=1S/C24H30O6/c1-13(25)28-21-11-16-5-6-18-17(19(16)12-22(21)29-14(2)26)9-10-24(4)20(18)7-8-23(24)30-15(3)27/h11-12,17-18,20,23H,5-10H2,1-4H3/t17-,18+,20-,23?,24-/m0/s1. The lowest BCUT2D eigenvalue weighted by molar-refractivity contribution is -0.154. The first-order valence-electron chi connectivity index (χ1n) is 10.9. The molecule has 6 heteroatoms. The van der Waals surface area contributed by atoms with Gasteiger partial charge in [-0.3, -0.25) is 14.4 Å². The number of hydrogen-bond acceptors (Lipinski definition) is 6. The van der Waals surface area contributed by atoms with Crippen LogP contribution in [-0.4, -0.2) is 24.0 Å². The number of fused-ring (bicyclic) bond motifs is 5. The molecule has 6 nitrogen and oxygen atoms in total. The normalized spacial score (nSPS) is 31.7. The van der Waals surface area contributed by atoms with E-state index < -0.39 is 11.9 Å². The summed E-state index contributed by atoms with van der Waals surface area (Å²) in [7, 11) is 0. The summed E-state index contributed by atoms with van der Waals surface area (Å²) in [5.74, 6) is 0.965. The fourth-order valence-corrected chi connectivity index (χ4v) is 6.39. The topological polar surface area (TPSA) is 78.9 Å². The predicted octanol–water partition coefficient (Wildman–Crippen LogP) is 4.33. The van der Waals surface area contributed by atoms with Crippen LogP contribution >= 0.6 is 0 Å². The van der Waals surface area contributed by atoms with E-state index in [4.69, 9.17) is 14.2 Å². The van der Waals surface area contributed by atoms with Crippen LogP contribution in [0.25, 0.3) is 0 Å². The summed E-state index contributed by atoms with van der Waals surface area (Å²) in [6, 6.07) is 3.78. The molecule has 0 N–H and O–H groups in total. The molecule has 2 fully saturated rings. The van der Waals surface area contributed by atoms with Crippen molar-refractivity contribution >= 4 is 17.9 Å². The zero-order chi connectivity index (χ0) is 21.6. The SMILES string of the molecule is CC(=O)Oc1cc2c(cc1OC(C)=O)[C@H]1CC[C@]3(C)C(OC(C)=O)CC[C@H]3[C@@H]1CC2. The smallest absolute Gasteiger partial charge is 0.308 e. The Morgan fingerprint density at radius 2 is 1.57 bits per heavy atom. The van der Waals surface area contributed by atoms with Gasteiger partial charge in [0.1, 0.15) is 6.10 Å². The predicted molar refractivity (Wildman–Crippen MR) is 109 cm³/mol. The van der Waals surface area contributed by atoms with Crippen molar-refractivity contribution in [2.45, 2.75) is 78.2 Å². The van der Waals surface area contributed by atoms with Crippen molar-refractivity contribution in [1.29, 1.82) is 0 Å². The van der Waals surface area contributed by atoms with Crippen molar-refractivity contribution in [3.63, 3.8) is 0 Å². The summed E-state index contributed by atoms with van der Waals surface area (Å²) in [5, 5.41) is 0. The molecule has 0 saturated heterocycles. The molecule has 1 unspecified atom stereocenters. The first-order chi connectivity index (χ1) is 14.2. The van der Waals surface area contributed by atoms with Gasteiger partial charge in [0.15, 0.2) is 11.5 Å². The third kappa shape index (κ3) is 3.61. The average Bonchev–Trinajstić information content (AvgIpc) is 2.97. The molecule has 0 aromatic heterocycles. The molecule has 0 radical (unpaired) electrons. The van der Waals surface area contributed by atoms with Crippen molar-refractivity contribution < 1.29 is 28.6 Å². The van der Waals surface area contributed by atoms with Crippen molar-refractivity contribution in [2.24, 2.45) is 17.3 Å². The maximum absolute atomic E-state index is 11.6. The van der Waals surface area contributed by atoms with Crippen LogP contribution in [0.5, 0.6) is 11.5 Å². The third-order valence-electron chi connectivity index (χ3n) is 7.52. The van der Waals surface area contributed by atoms with Crippen molar-refractivity contribution in [2.75, 3.05) is 0 Å². The largest absolute Gasteiger partial charge is 0.462 e. The van der Waals surface area contributed by atoms with E-state index in [9.17, 15) is 14.4 Å². The van der Waals surface area contributed by atoms with Gasteiger partial charge in [-0.05, 0) is 79.5 Å². The van der Waals surface area contributed by atoms with E-state index in [0.717, 1.165) is 38.5 Å². The van der Waals surface area contributed by atoms with E-state index in [1.165, 1.54) is 31.9 Å². The van der Waals surface area contributed by atoms with Gasteiger partial charge in [0.05, 0.1) is 0 Å². The van der Waals surface area contributed by atoms with Crippen LogP contribution in [0.2, 0.25) is 0 Å². The highest BCUT2D eigenvalue weighted by molar-refractivity contribution is 5.74. The molecule has 0 spiro atoms. The summed E-state index contributed by atoms with van der Waals surface area (Å²) in [6.45, 7) is 6.47. The van der Waals surface area contributed by atoms with Crippen LogP contribution in [0, 0.1) is 17.3 Å². The molecule has 4 rings (SSSR count). The van der Waals surface area contributed by atoms with Gasteiger partial charge in [-0.25, -0.2) is 0 Å². The van der Waals surface area contributed by atoms with Crippen LogP contribution in [0.4, 0.5) is 0 Å². The molecule has 0 bridgehead atoms. The number of esters is 3. The lowest BCUT2D eigenvalue weighted by Crippen LogP contribution is -2.45. The maximum atomic E-state index is 11.6. The second-order valence-electron chi connectivity index (χ2n) is 9.32. The number of benzene rings is 1. The first-order valence-corrected chi connectivity index (χ1v) is 10.9. The van der Waals surface area contributed by atoms with Gasteiger partial charge in [0, 0.05) is 26.2 Å². The fraction of sp³-hybridized carbons (Fsp3) is 0.625. The fourth-order valence-electron chi connectivity index (χ4n) is 6.39. The molecule has 162 valence electrons. The van der Waals surface area contributed by atoms with E-state index in [1.54, 1.807) is 0 Å². The van der Waals surface area contributed by atoms with Crippen LogP contribution in [0.3, 0.4) is 0 Å². The molecular formula is C24H30O6. The number of carbonyl (C=O) groups is 3. The molecule has 0 aliphatic heterocycles. The van der Waals surface area contributed by atoms with E-state index in [1.807, 2.05) is 12.1 Å². The Labute approximate surface area is 177 Å². The van der Waals surface area contributed by atoms with Crippen molar-refractivity contribution in [3.8, 4) is 11.5 Å². The molecule has 3 aliphatic rings. The molecular weight excluding hydrogens is 384 g/mol. The van der Waals surface area contributed by atoms with Crippen LogP contribution < -0.4 is 9.47 Å². The number of hydrogen-bond donors (Lipinski definition) is 0. The van der Waals surface area contributed by atoms with E-state index in [2.05, 4.69) is 6.92 Å². The van der Waals surface area contributed by atoms with Gasteiger partial charge in [-0.1, -0.05) is 6.92 Å². The lowest BCUT2D eigenvalue weighted by Gasteiger charge is -2.50. The van der Waals surface area contributed by atoms with E-state index in [-0.39, 0.29) is 17.5 Å². The van der Waals surface area contributed by atoms with E-state index in [0.29, 0.717) is 29.3 Å². The molecule has 3 aliphatic carbocycles. The van der Waals surface area contributed by atoms with Gasteiger partial charge in [0.25, 0.3) is 0 Å². The molecule has 1 aromatic rings. The van der Waals surface area contributed by atoms with Gasteiger partial charge in [0.2, 0.25) is 0 Å². The Kier molecular flexibility index (Phi) is 5.37. The van der Waals surface area contributed by atoms with Gasteiger partial charge < -0.3 is 14.2 Å². The maximum Gasteiger partial charge on any atom is 0.308 e. The highest BCUT2D eigenvalue weighted by atomic mass is 16.6. The summed E-state index contributed by atoms with van der Waals surface area (Å²) >= 11 is 0. The molecule has 2 saturated carbocycles. The monoisotopic (exact) mass is 414 g/mol. The second kappa shape index (κ2) is 7.71. The summed E-state index contributed by atoms with van der Waals surface area (Å²) < 4.78 is 16.4. The molecule has 0 heterocycles. The third-order valence-corrected chi connectivity index (χ3v) is 7.52. The van der Waals surface area contributed by atoms with E-state index >= 15 is 0 Å². The molecule has 0 amide bonds. The minimum atomic E-state index is -0.438. The van der Waals surface area contributed by atoms with Crippen LogP contribution in [0.15, 0.2) is 12.1 Å². The summed E-state index contributed by atoms with van der Waals surface area (Å²) in [5.41, 5.74) is 2.40. The highest BCUT2D eigenvalue weighted by Gasteiger charge is 2.56. The lowest BCUT2D eigenvalue weighted by atomic mass is 9.55. The molecule has 1 aromatic carbocycles. The Morgan fingerprint density at radius 1 is 0.900 bits per heavy atom. The number of rotatable bonds is 3. The molecule has 5 atom stereocenters. The average molecular weight is 414 g/mol. The minimum absolute atomic E-state index is 0.00490. The summed E-state index contributed by atoms with van der Waals surface area (Å²) in [6.07, 6.45) is 5.99. The number of aryl methyl sites for hydroxylation is 1. The number of carbonyl (C=O) groups excluding carboxylic acids is 3. The van der Waals surface area contributed by atoms with Crippen LogP contribution in [0.1, 0.15) is 76.8 Å². The molecule has 30 heavy (non-hydrogen) atoms. The highest BCUT2D eigenvalue weighted by Crippen LogP contribution is 2.62. The van der Waals surface area contributed by atoms with Gasteiger partial charge in [-0.2, -0.15) is 0 Å². The first kappa shape index (κ1) is 20.9. The Hall–Kier alpha value is -2.37. The zero-order valence-corrected chi connectivity index (χ0v) is 18.2. The van der Waals surface area contributed by atoms with Crippen molar-refractivity contribution in [1.82, 2.24) is 0 Å². The van der Waals surface area contributed by atoms with Crippen molar-refractivity contribution in [3.05, 3.63) is 23.3 Å². The quantitative estimate of drug-likeness (QED) is 0.541. The second-order valence-corrected chi connectivity index (χ2v) is 9.32. The Morgan fingerprint density at radius 3 is 2.20 bits per heavy atom. The minimum Gasteiger partial charge on any atom is -0.462 e. The zero-order valence-electron chi connectivity index (χ0n) is 18.2. The van der Waals surface area contributed by atoms with Gasteiger partial charge in [-0.15, -0.1) is 0 Å². The van der Waals surface area contributed by atoms with Gasteiger partial charge >= 0.3 is 17.9 Å². The number of ether oxygens (including phenoxy) is 3. The Balaban J connectivity index is 1.66.